The zero-order valence-corrected chi connectivity index (χ0v) is 16.0. The van der Waals surface area contributed by atoms with E-state index >= 15 is 0 Å². The lowest BCUT2D eigenvalue weighted by Crippen LogP contribution is -2.26. The van der Waals surface area contributed by atoms with Gasteiger partial charge in [-0.25, -0.2) is 4.99 Å². The molecule has 1 aliphatic carbocycles. The quantitative estimate of drug-likeness (QED) is 0.412. The summed E-state index contributed by atoms with van der Waals surface area (Å²) in [5, 5.41) is 21.4. The summed E-state index contributed by atoms with van der Waals surface area (Å²) in [5.74, 6) is 0.590. The molecule has 1 aromatic carbocycles. The molecular formula is C20H21N3O2S. The maximum Gasteiger partial charge on any atom is 0.278 e. The summed E-state index contributed by atoms with van der Waals surface area (Å²) in [6.45, 7) is 6.78. The van der Waals surface area contributed by atoms with Crippen molar-refractivity contribution in [1.82, 2.24) is 0 Å². The lowest BCUT2D eigenvalue weighted by atomic mass is 9.72. The second-order valence-electron chi connectivity index (χ2n) is 7.68. The van der Waals surface area contributed by atoms with E-state index in [0.29, 0.717) is 22.0 Å². The summed E-state index contributed by atoms with van der Waals surface area (Å²) in [7, 11) is 0. The molecule has 0 aliphatic heterocycles. The Morgan fingerprint density at radius 2 is 2.12 bits per heavy atom. The number of benzene rings is 1. The number of rotatable bonds is 3. The van der Waals surface area contributed by atoms with Crippen LogP contribution in [0.15, 0.2) is 29.3 Å². The maximum atomic E-state index is 11.1. The van der Waals surface area contributed by atoms with Crippen molar-refractivity contribution in [3.63, 3.8) is 0 Å². The van der Waals surface area contributed by atoms with Gasteiger partial charge in [0.25, 0.3) is 5.69 Å². The molecule has 26 heavy (non-hydrogen) atoms. The zero-order chi connectivity index (χ0) is 18.9. The molecule has 6 heteroatoms. The van der Waals surface area contributed by atoms with Crippen molar-refractivity contribution < 1.29 is 4.92 Å². The Hall–Kier alpha value is -2.52. The Labute approximate surface area is 157 Å². The van der Waals surface area contributed by atoms with Crippen LogP contribution in [-0.2, 0) is 12.8 Å². The highest BCUT2D eigenvalue weighted by molar-refractivity contribution is 7.16. The van der Waals surface area contributed by atoms with Gasteiger partial charge in [-0.3, -0.25) is 10.1 Å². The number of nitro groups is 1. The summed E-state index contributed by atoms with van der Waals surface area (Å²) in [5.41, 5.74) is 2.45. The number of hydrogen-bond acceptors (Lipinski definition) is 5. The Balaban J connectivity index is 1.95. The fourth-order valence-electron chi connectivity index (χ4n) is 3.41. The highest BCUT2D eigenvalue weighted by Crippen LogP contribution is 2.44. The van der Waals surface area contributed by atoms with Gasteiger partial charge in [0.15, 0.2) is 0 Å². The predicted octanol–water partition coefficient (Wildman–Crippen LogP) is 5.43. The molecule has 3 rings (SSSR count). The van der Waals surface area contributed by atoms with Gasteiger partial charge in [0.05, 0.1) is 16.1 Å². The van der Waals surface area contributed by atoms with Crippen LogP contribution in [0.5, 0.6) is 0 Å². The van der Waals surface area contributed by atoms with Crippen LogP contribution in [0.4, 0.5) is 10.7 Å². The van der Waals surface area contributed by atoms with E-state index in [1.807, 2.05) is 0 Å². The molecule has 0 saturated heterocycles. The van der Waals surface area contributed by atoms with Gasteiger partial charge in [0.2, 0.25) is 0 Å². The second-order valence-corrected chi connectivity index (χ2v) is 8.76. The Bertz CT molecular complexity index is 916. The van der Waals surface area contributed by atoms with Crippen LogP contribution in [0.3, 0.4) is 0 Å². The number of para-hydroxylation sites is 1. The molecule has 0 fully saturated rings. The van der Waals surface area contributed by atoms with Crippen molar-refractivity contribution in [2.75, 3.05) is 0 Å². The molecular weight excluding hydrogens is 346 g/mol. The van der Waals surface area contributed by atoms with E-state index < -0.39 is 4.92 Å². The molecule has 5 nitrogen and oxygen atoms in total. The van der Waals surface area contributed by atoms with E-state index in [-0.39, 0.29) is 11.1 Å². The summed E-state index contributed by atoms with van der Waals surface area (Å²) < 4.78 is 0. The fourth-order valence-corrected chi connectivity index (χ4v) is 4.63. The van der Waals surface area contributed by atoms with Crippen molar-refractivity contribution in [1.29, 1.82) is 5.26 Å². The number of hydrogen-bond donors (Lipinski definition) is 0. The normalized spacial score (nSPS) is 17.1. The van der Waals surface area contributed by atoms with Crippen LogP contribution in [0, 0.1) is 32.8 Å². The standard InChI is InChI=1S/C20H21N3O2S/c1-20(2,3)14-8-9-15-16(11-21)19(26-18(15)10-14)22-12-13-6-4-5-7-17(13)23(24)25/h4-7,12,14H,8-10H2,1-3H3/t14-/m1/s1. The molecule has 1 atom stereocenters. The zero-order valence-electron chi connectivity index (χ0n) is 15.2. The van der Waals surface area contributed by atoms with E-state index in [0.717, 1.165) is 24.8 Å². The molecule has 0 amide bonds. The lowest BCUT2D eigenvalue weighted by molar-refractivity contribution is -0.385. The minimum atomic E-state index is -0.417. The number of nitriles is 1. The minimum absolute atomic E-state index is 0.0175. The van der Waals surface area contributed by atoms with E-state index in [9.17, 15) is 15.4 Å². The molecule has 0 saturated carbocycles. The van der Waals surface area contributed by atoms with Crippen molar-refractivity contribution in [2.24, 2.45) is 16.3 Å². The molecule has 0 N–H and O–H groups in total. The molecule has 1 heterocycles. The van der Waals surface area contributed by atoms with Gasteiger partial charge in [0.1, 0.15) is 11.1 Å². The number of aliphatic imine (C=N–C) groups is 1. The van der Waals surface area contributed by atoms with Gasteiger partial charge < -0.3 is 0 Å². The van der Waals surface area contributed by atoms with Gasteiger partial charge in [-0.1, -0.05) is 32.9 Å². The van der Waals surface area contributed by atoms with Crippen molar-refractivity contribution >= 4 is 28.2 Å². The Morgan fingerprint density at radius 3 is 2.77 bits per heavy atom. The molecule has 0 spiro atoms. The first kappa shape index (κ1) is 18.3. The lowest BCUT2D eigenvalue weighted by Gasteiger charge is -2.33. The van der Waals surface area contributed by atoms with Gasteiger partial charge in [-0.05, 0) is 42.2 Å². The van der Waals surface area contributed by atoms with E-state index in [4.69, 9.17) is 0 Å². The molecule has 1 aromatic heterocycles. The Kier molecular flexibility index (Phi) is 4.92. The average molecular weight is 367 g/mol. The Morgan fingerprint density at radius 1 is 1.38 bits per heavy atom. The van der Waals surface area contributed by atoms with Crippen LogP contribution in [-0.4, -0.2) is 11.1 Å². The van der Waals surface area contributed by atoms with Crippen LogP contribution in [0.1, 0.15) is 48.8 Å². The van der Waals surface area contributed by atoms with Crippen molar-refractivity contribution in [3.05, 3.63) is 55.9 Å². The number of nitro benzene ring substituents is 1. The predicted molar refractivity (Wildman–Crippen MR) is 104 cm³/mol. The second kappa shape index (κ2) is 7.00. The van der Waals surface area contributed by atoms with Gasteiger partial charge in [-0.15, -0.1) is 11.3 Å². The van der Waals surface area contributed by atoms with Crippen LogP contribution >= 0.6 is 11.3 Å². The SMILES string of the molecule is CC(C)(C)[C@@H]1CCc2c(sc(N=Cc3ccccc3[N+](=O)[O-])c2C#N)C1. The average Bonchev–Trinajstić information content (AvgIpc) is 2.95. The summed E-state index contributed by atoms with van der Waals surface area (Å²) in [6.07, 6.45) is 4.45. The number of thiophene rings is 1. The number of fused-ring (bicyclic) bond motifs is 1. The van der Waals surface area contributed by atoms with Gasteiger partial charge >= 0.3 is 0 Å². The molecule has 0 radical (unpaired) electrons. The first-order valence-corrected chi connectivity index (χ1v) is 9.45. The highest BCUT2D eigenvalue weighted by atomic mass is 32.1. The van der Waals surface area contributed by atoms with Crippen LogP contribution in [0.25, 0.3) is 0 Å². The first-order chi connectivity index (χ1) is 12.3. The highest BCUT2D eigenvalue weighted by Gasteiger charge is 2.32. The van der Waals surface area contributed by atoms with E-state index in [2.05, 4.69) is 31.8 Å². The van der Waals surface area contributed by atoms with E-state index in [1.165, 1.54) is 17.2 Å². The van der Waals surface area contributed by atoms with Crippen LogP contribution < -0.4 is 0 Å². The molecule has 0 unspecified atom stereocenters. The van der Waals surface area contributed by atoms with Gasteiger partial charge in [-0.2, -0.15) is 5.26 Å². The van der Waals surface area contributed by atoms with Gasteiger partial charge in [0, 0.05) is 17.2 Å². The third kappa shape index (κ3) is 3.54. The third-order valence-electron chi connectivity index (χ3n) is 5.04. The molecule has 0 bridgehead atoms. The maximum absolute atomic E-state index is 11.1. The summed E-state index contributed by atoms with van der Waals surface area (Å²) in [4.78, 5) is 16.4. The molecule has 134 valence electrons. The topological polar surface area (TPSA) is 79.3 Å². The summed E-state index contributed by atoms with van der Waals surface area (Å²) >= 11 is 1.55. The molecule has 1 aliphatic rings. The third-order valence-corrected chi connectivity index (χ3v) is 6.20. The molecule has 2 aromatic rings. The van der Waals surface area contributed by atoms with E-state index in [1.54, 1.807) is 29.5 Å². The van der Waals surface area contributed by atoms with Crippen molar-refractivity contribution in [3.8, 4) is 6.07 Å². The number of nitrogens with zero attached hydrogens (tertiary/aromatic N) is 3. The van der Waals surface area contributed by atoms with Crippen molar-refractivity contribution in [2.45, 2.75) is 40.0 Å². The van der Waals surface area contributed by atoms with Crippen LogP contribution in [0.2, 0.25) is 0 Å². The smallest absolute Gasteiger partial charge is 0.258 e. The summed E-state index contributed by atoms with van der Waals surface area (Å²) in [6, 6.07) is 8.79. The monoisotopic (exact) mass is 367 g/mol. The largest absolute Gasteiger partial charge is 0.278 e. The minimum Gasteiger partial charge on any atom is -0.258 e. The fraction of sp³-hybridized carbons (Fsp3) is 0.400. The first-order valence-electron chi connectivity index (χ1n) is 8.63.